The van der Waals surface area contributed by atoms with Gasteiger partial charge >= 0.3 is 0 Å². The largest absolute Gasteiger partial charge is 0.331 e. The third kappa shape index (κ3) is 6.14. The maximum absolute atomic E-state index is 10.9. The summed E-state index contributed by atoms with van der Waals surface area (Å²) < 4.78 is 12.5. The Morgan fingerprint density at radius 2 is 0.731 bits per heavy atom. The Kier molecular flexibility index (Phi) is 9.49. The second kappa shape index (κ2) is 16.6. The molecule has 11 aromatic carbocycles. The van der Waals surface area contributed by atoms with E-state index >= 15 is 0 Å². The molecule has 0 saturated carbocycles. The number of fused-ring (bicyclic) bond motifs is 17. The molecular formula is C71H43N5S2. The van der Waals surface area contributed by atoms with E-state index in [1.165, 1.54) is 61.9 Å². The molecule has 0 atom stereocenters. The number of rotatable bonds is 6. The van der Waals surface area contributed by atoms with Crippen molar-refractivity contribution in [3.8, 4) is 45.8 Å². The van der Waals surface area contributed by atoms with Gasteiger partial charge in [0.05, 0.1) is 71.6 Å². The zero-order valence-electron chi connectivity index (χ0n) is 42.4. The number of nitrogens with zero attached hydrogens (tertiary/aromatic N) is 5. The van der Waals surface area contributed by atoms with Crippen molar-refractivity contribution in [1.82, 2.24) is 13.7 Å². The van der Waals surface area contributed by atoms with Gasteiger partial charge in [0.2, 0.25) is 0 Å². The Bertz CT molecular complexity index is 5030. The fourth-order valence-electron chi connectivity index (χ4n) is 13.3. The number of aromatic nitrogens is 3. The van der Waals surface area contributed by atoms with Crippen LogP contribution in [0.2, 0.25) is 0 Å². The number of thiophene rings is 2. The van der Waals surface area contributed by atoms with Crippen molar-refractivity contribution < 1.29 is 0 Å². The summed E-state index contributed by atoms with van der Waals surface area (Å²) in [5, 5.41) is 33.6. The maximum Gasteiger partial charge on any atom is 0.0991 e. The SMILES string of the molecule is CC(C)(c1c(-c2cccc(C#N)c2)c(-n2c3ccccc3c3ccc4c5ccccc5sc4c32)cc(-n2c3ccccc3c3ccc4c5ccccc5sc4c32)c1-c1cccc(C#N)c1)n1c2ccccc2c2ccccc21. The van der Waals surface area contributed by atoms with Crippen LogP contribution in [-0.4, -0.2) is 13.7 Å². The zero-order valence-corrected chi connectivity index (χ0v) is 44.0. The molecule has 78 heavy (non-hydrogen) atoms. The molecule has 0 spiro atoms. The molecule has 7 heteroatoms. The van der Waals surface area contributed by atoms with Crippen LogP contribution in [0.4, 0.5) is 0 Å². The van der Waals surface area contributed by atoms with Gasteiger partial charge in [-0.1, -0.05) is 158 Å². The Morgan fingerprint density at radius 3 is 1.17 bits per heavy atom. The lowest BCUT2D eigenvalue weighted by atomic mass is 9.78. The zero-order chi connectivity index (χ0) is 52.0. The fraction of sp³-hybridized carbons (Fsp3) is 0.0423. The standard InChI is InChI=1S/C71H43N5S2/c1-71(2,76-58-29-11-5-21-46(58)47-22-6-12-30-59(47)76)66-64(44-19-15-17-42(37-44)40-72)60(74-56-27-9-3-23-48(56)52-33-35-54-50-25-7-13-31-62(50)77-69(54)67(52)74)39-61(65(66)45-20-16-18-43(38-45)41-73)75-57-28-10-4-24-49(57)53-34-36-55-51-26-8-14-32-63(51)78-70(55)68(53)75/h3-39H,1-2H3. The first-order chi connectivity index (χ1) is 38.4. The summed E-state index contributed by atoms with van der Waals surface area (Å²) in [5.74, 6) is 0. The van der Waals surface area contributed by atoms with Gasteiger partial charge in [0.15, 0.2) is 0 Å². The van der Waals surface area contributed by atoms with E-state index in [0.29, 0.717) is 11.1 Å². The molecule has 16 aromatic rings. The second-order valence-corrected chi connectivity index (χ2v) is 23.0. The molecule has 5 aromatic heterocycles. The Morgan fingerprint density at radius 1 is 0.359 bits per heavy atom. The lowest BCUT2D eigenvalue weighted by Gasteiger charge is -2.37. The normalized spacial score (nSPS) is 12.2. The van der Waals surface area contributed by atoms with Crippen molar-refractivity contribution in [1.29, 1.82) is 10.5 Å². The van der Waals surface area contributed by atoms with Gasteiger partial charge in [-0.2, -0.15) is 10.5 Å². The summed E-state index contributed by atoms with van der Waals surface area (Å²) in [5.41, 5.74) is 13.8. The van der Waals surface area contributed by atoms with Crippen molar-refractivity contribution in [3.05, 3.63) is 241 Å². The van der Waals surface area contributed by atoms with E-state index in [9.17, 15) is 10.5 Å². The van der Waals surface area contributed by atoms with Crippen molar-refractivity contribution in [2.45, 2.75) is 19.4 Å². The lowest BCUT2D eigenvalue weighted by Crippen LogP contribution is -2.30. The molecule has 0 saturated heterocycles. The molecule has 0 aliphatic rings. The van der Waals surface area contributed by atoms with Crippen LogP contribution in [0.1, 0.15) is 30.5 Å². The van der Waals surface area contributed by atoms with Crippen LogP contribution in [0.25, 0.3) is 139 Å². The van der Waals surface area contributed by atoms with Crippen LogP contribution in [-0.2, 0) is 5.54 Å². The molecule has 0 unspecified atom stereocenters. The monoisotopic (exact) mass is 1030 g/mol. The average molecular weight is 1030 g/mol. The predicted molar refractivity (Wildman–Crippen MR) is 329 cm³/mol. The Hall–Kier alpha value is -9.76. The van der Waals surface area contributed by atoms with E-state index in [1.807, 2.05) is 46.9 Å². The Labute approximate surface area is 456 Å². The number of hydrogen-bond acceptors (Lipinski definition) is 4. The highest BCUT2D eigenvalue weighted by Crippen LogP contribution is 2.54. The highest BCUT2D eigenvalue weighted by atomic mass is 32.1. The highest BCUT2D eigenvalue weighted by Gasteiger charge is 2.38. The molecule has 0 aliphatic heterocycles. The van der Waals surface area contributed by atoms with Crippen molar-refractivity contribution in [2.24, 2.45) is 0 Å². The number of benzene rings is 11. The van der Waals surface area contributed by atoms with Gasteiger partial charge in [-0.25, -0.2) is 0 Å². The number of nitriles is 2. The smallest absolute Gasteiger partial charge is 0.0991 e. The first-order valence-corrected chi connectivity index (χ1v) is 27.9. The van der Waals surface area contributed by atoms with Crippen LogP contribution in [0.3, 0.4) is 0 Å². The van der Waals surface area contributed by atoms with Gasteiger partial charge in [0.1, 0.15) is 0 Å². The van der Waals surface area contributed by atoms with E-state index < -0.39 is 5.54 Å². The lowest BCUT2D eigenvalue weighted by molar-refractivity contribution is 0.467. The summed E-state index contributed by atoms with van der Waals surface area (Å²) in [6, 6.07) is 86.0. The van der Waals surface area contributed by atoms with E-state index in [2.05, 4.69) is 240 Å². The van der Waals surface area contributed by atoms with Crippen LogP contribution in [0, 0.1) is 22.7 Å². The van der Waals surface area contributed by atoms with Gasteiger partial charge in [0.25, 0.3) is 0 Å². The van der Waals surface area contributed by atoms with Crippen molar-refractivity contribution in [3.63, 3.8) is 0 Å². The summed E-state index contributed by atoms with van der Waals surface area (Å²) in [4.78, 5) is 0. The molecule has 0 fully saturated rings. The first-order valence-electron chi connectivity index (χ1n) is 26.3. The molecule has 0 N–H and O–H groups in total. The van der Waals surface area contributed by atoms with Gasteiger partial charge < -0.3 is 13.7 Å². The third-order valence-electron chi connectivity index (χ3n) is 16.4. The third-order valence-corrected chi connectivity index (χ3v) is 18.8. The maximum atomic E-state index is 10.9. The van der Waals surface area contributed by atoms with Crippen LogP contribution < -0.4 is 0 Å². The van der Waals surface area contributed by atoms with Gasteiger partial charge in [-0.3, -0.25) is 0 Å². The number of hydrogen-bond donors (Lipinski definition) is 0. The Balaban J connectivity index is 1.22. The molecular weight excluding hydrogens is 987 g/mol. The quantitative estimate of drug-likeness (QED) is 0.167. The minimum absolute atomic E-state index is 0.569. The van der Waals surface area contributed by atoms with Crippen molar-refractivity contribution in [2.75, 3.05) is 0 Å². The van der Waals surface area contributed by atoms with E-state index in [4.69, 9.17) is 0 Å². The molecule has 0 radical (unpaired) electrons. The first kappa shape index (κ1) is 44.5. The molecule has 0 bridgehead atoms. The minimum atomic E-state index is -0.860. The molecule has 5 nitrogen and oxygen atoms in total. The van der Waals surface area contributed by atoms with E-state index in [0.717, 1.165) is 83.1 Å². The fourth-order valence-corrected chi connectivity index (χ4v) is 15.8. The van der Waals surface area contributed by atoms with Crippen LogP contribution in [0.15, 0.2) is 224 Å². The summed E-state index contributed by atoms with van der Waals surface area (Å²) >= 11 is 3.69. The molecule has 0 aliphatic carbocycles. The topological polar surface area (TPSA) is 62.4 Å². The number of para-hydroxylation sites is 4. The highest BCUT2D eigenvalue weighted by molar-refractivity contribution is 7.27. The average Bonchev–Trinajstić information content (AvgIpc) is 4.42. The van der Waals surface area contributed by atoms with Gasteiger partial charge in [0, 0.05) is 85.4 Å². The minimum Gasteiger partial charge on any atom is -0.331 e. The molecule has 16 rings (SSSR count). The van der Waals surface area contributed by atoms with Crippen LogP contribution in [0.5, 0.6) is 0 Å². The summed E-state index contributed by atoms with van der Waals surface area (Å²) in [6.45, 7) is 4.74. The summed E-state index contributed by atoms with van der Waals surface area (Å²) in [7, 11) is 0. The van der Waals surface area contributed by atoms with Crippen molar-refractivity contribution >= 4 is 128 Å². The van der Waals surface area contributed by atoms with Gasteiger partial charge in [-0.15, -0.1) is 22.7 Å². The van der Waals surface area contributed by atoms with Crippen LogP contribution >= 0.6 is 22.7 Å². The molecule has 5 heterocycles. The predicted octanol–water partition coefficient (Wildman–Crippen LogP) is 19.6. The second-order valence-electron chi connectivity index (χ2n) is 20.9. The van der Waals surface area contributed by atoms with E-state index in [1.54, 1.807) is 0 Å². The molecule has 0 amide bonds. The summed E-state index contributed by atoms with van der Waals surface area (Å²) in [6.07, 6.45) is 0. The molecule has 364 valence electrons. The van der Waals surface area contributed by atoms with Gasteiger partial charge in [-0.05, 0) is 97.3 Å². The van der Waals surface area contributed by atoms with E-state index in [-0.39, 0.29) is 0 Å².